The van der Waals surface area contributed by atoms with Gasteiger partial charge in [0.1, 0.15) is 11.5 Å². The molecule has 0 radical (unpaired) electrons. The van der Waals surface area contributed by atoms with Crippen molar-refractivity contribution in [1.29, 1.82) is 0 Å². The normalized spacial score (nSPS) is 31.5. The van der Waals surface area contributed by atoms with Gasteiger partial charge >= 0.3 is 0 Å². The molecule has 1 unspecified atom stereocenters. The minimum Gasteiger partial charge on any atom is -0.544 e. The van der Waals surface area contributed by atoms with Crippen molar-refractivity contribution in [1.82, 2.24) is 0 Å². The number of Topliss-reactive ketones (excluding diaryl/α,β-unsaturated/α-hetero) is 1. The molecule has 5 heteroatoms. The summed E-state index contributed by atoms with van der Waals surface area (Å²) in [5, 5.41) is 0. The van der Waals surface area contributed by atoms with E-state index in [0.717, 1.165) is 31.4 Å². The summed E-state index contributed by atoms with van der Waals surface area (Å²) < 4.78 is 12.5. The number of aryl methyl sites for hydroxylation is 1. The van der Waals surface area contributed by atoms with E-state index >= 15 is 0 Å². The van der Waals surface area contributed by atoms with Crippen LogP contribution in [0.2, 0.25) is 39.3 Å². The van der Waals surface area contributed by atoms with E-state index in [4.69, 9.17) is 8.85 Å². The summed E-state index contributed by atoms with van der Waals surface area (Å²) in [5.74, 6) is 3.36. The molecule has 1 aromatic carbocycles. The average Bonchev–Trinajstić information content (AvgIpc) is 2.83. The van der Waals surface area contributed by atoms with Crippen molar-refractivity contribution in [3.05, 3.63) is 41.2 Å². The minimum absolute atomic E-state index is 0.257. The predicted octanol–water partition coefficient (Wildman–Crippen LogP) is 6.28. The predicted molar refractivity (Wildman–Crippen MR) is 123 cm³/mol. The fraction of sp³-hybridized carbons (Fsp3) is 0.625. The van der Waals surface area contributed by atoms with Crippen LogP contribution < -0.4 is 4.43 Å². The zero-order valence-corrected chi connectivity index (χ0v) is 21.1. The van der Waals surface area contributed by atoms with Crippen LogP contribution in [-0.4, -0.2) is 22.4 Å². The Morgan fingerprint density at radius 1 is 1.00 bits per heavy atom. The Labute approximate surface area is 178 Å². The third-order valence-corrected chi connectivity index (χ3v) is 8.54. The molecule has 29 heavy (non-hydrogen) atoms. The number of hydrogen-bond acceptors (Lipinski definition) is 3. The lowest BCUT2D eigenvalue weighted by Gasteiger charge is -2.47. The lowest BCUT2D eigenvalue weighted by Crippen LogP contribution is -2.43. The molecule has 3 aliphatic rings. The van der Waals surface area contributed by atoms with Gasteiger partial charge in [0.25, 0.3) is 0 Å². The van der Waals surface area contributed by atoms with E-state index < -0.39 is 16.6 Å². The van der Waals surface area contributed by atoms with E-state index in [-0.39, 0.29) is 11.2 Å². The highest BCUT2D eigenvalue weighted by atomic mass is 28.4. The number of carbonyl (C=O) groups is 1. The number of rotatable bonds is 4. The number of carbonyl (C=O) groups excluding carboxylic acids is 1. The first kappa shape index (κ1) is 20.9. The smallest absolute Gasteiger partial charge is 0.242 e. The van der Waals surface area contributed by atoms with E-state index in [2.05, 4.69) is 70.5 Å². The largest absolute Gasteiger partial charge is 0.544 e. The average molecular weight is 429 g/mol. The van der Waals surface area contributed by atoms with Crippen molar-refractivity contribution >= 4 is 22.4 Å². The van der Waals surface area contributed by atoms with E-state index in [1.54, 1.807) is 0 Å². The molecule has 0 aromatic heterocycles. The number of ketones is 1. The summed E-state index contributed by atoms with van der Waals surface area (Å²) in [6.07, 6.45) is 6.50. The van der Waals surface area contributed by atoms with Crippen molar-refractivity contribution in [3.8, 4) is 5.75 Å². The summed E-state index contributed by atoms with van der Waals surface area (Å²) in [4.78, 5) is 13.3. The van der Waals surface area contributed by atoms with Gasteiger partial charge in [0, 0.05) is 5.41 Å². The Balaban J connectivity index is 1.62. The minimum atomic E-state index is -1.79. The standard InChI is InChI=1S/C24H36O3Si2/c1-24-13-12-19-18-11-9-17(26-28(2,3)4)14-16(18)8-10-20(19)21(24)15-22(23(24)25)27-29(5,6)7/h9,11,14-15,19-21H,8,10,12-13H2,1-7H3/t19-,20?,21+,24+/m1/s1. The van der Waals surface area contributed by atoms with Crippen LogP contribution in [0.1, 0.15) is 43.2 Å². The first-order valence-electron chi connectivity index (χ1n) is 11.1. The third kappa shape index (κ3) is 3.88. The molecule has 0 heterocycles. The lowest BCUT2D eigenvalue weighted by molar-refractivity contribution is -0.129. The fourth-order valence-electron chi connectivity index (χ4n) is 5.73. The van der Waals surface area contributed by atoms with Crippen LogP contribution in [0.3, 0.4) is 0 Å². The molecular formula is C24H36O3Si2. The molecule has 3 aliphatic carbocycles. The summed E-state index contributed by atoms with van der Waals surface area (Å²) >= 11 is 0. The molecule has 4 atom stereocenters. The van der Waals surface area contributed by atoms with Crippen molar-refractivity contribution in [2.75, 3.05) is 0 Å². The molecule has 0 bridgehead atoms. The Kier molecular flexibility index (Phi) is 4.93. The molecular weight excluding hydrogens is 392 g/mol. The summed E-state index contributed by atoms with van der Waals surface area (Å²) in [5.41, 5.74) is 2.68. The fourth-order valence-corrected chi connectivity index (χ4v) is 7.38. The van der Waals surface area contributed by atoms with E-state index in [1.807, 2.05) is 0 Å². The van der Waals surface area contributed by atoms with Crippen LogP contribution in [0.25, 0.3) is 0 Å². The van der Waals surface area contributed by atoms with Gasteiger partial charge in [-0.1, -0.05) is 13.0 Å². The van der Waals surface area contributed by atoms with Gasteiger partial charge in [-0.15, -0.1) is 0 Å². The van der Waals surface area contributed by atoms with Gasteiger partial charge in [-0.05, 0) is 112 Å². The monoisotopic (exact) mass is 428 g/mol. The molecule has 0 spiro atoms. The van der Waals surface area contributed by atoms with Gasteiger partial charge in [-0.3, -0.25) is 4.79 Å². The molecule has 3 nitrogen and oxygen atoms in total. The van der Waals surface area contributed by atoms with Gasteiger partial charge < -0.3 is 8.85 Å². The van der Waals surface area contributed by atoms with E-state index in [9.17, 15) is 4.79 Å². The number of hydrogen-bond donors (Lipinski definition) is 0. The van der Waals surface area contributed by atoms with Gasteiger partial charge in [0.15, 0.2) is 0 Å². The maximum Gasteiger partial charge on any atom is 0.242 e. The number of benzene rings is 1. The molecule has 0 saturated heterocycles. The highest BCUT2D eigenvalue weighted by molar-refractivity contribution is 6.70. The Morgan fingerprint density at radius 3 is 2.34 bits per heavy atom. The number of fused-ring (bicyclic) bond motifs is 5. The highest BCUT2D eigenvalue weighted by Crippen LogP contribution is 2.59. The SMILES string of the molecule is C[C@]12CC[C@@H]3c4ccc(O[Si](C)(C)C)cc4CCC3[C@@H]1C=C(O[Si](C)(C)C)C2=O. The maximum absolute atomic E-state index is 13.3. The van der Waals surface area contributed by atoms with Gasteiger partial charge in [0.05, 0.1) is 0 Å². The molecule has 1 aromatic rings. The summed E-state index contributed by atoms with van der Waals surface area (Å²) in [6.45, 7) is 15.4. The second kappa shape index (κ2) is 6.84. The van der Waals surface area contributed by atoms with Crippen LogP contribution in [0.5, 0.6) is 5.75 Å². The van der Waals surface area contributed by atoms with Crippen molar-refractivity contribution in [2.45, 2.75) is 77.8 Å². The summed E-state index contributed by atoms with van der Waals surface area (Å²) in [7, 11) is -3.38. The zero-order valence-electron chi connectivity index (χ0n) is 19.1. The molecule has 1 fully saturated rings. The highest BCUT2D eigenvalue weighted by Gasteiger charge is 2.56. The maximum atomic E-state index is 13.3. The number of allylic oxidation sites excluding steroid dienone is 2. The van der Waals surface area contributed by atoms with Crippen LogP contribution in [-0.2, 0) is 15.6 Å². The van der Waals surface area contributed by atoms with Crippen molar-refractivity contribution in [2.24, 2.45) is 17.3 Å². The van der Waals surface area contributed by atoms with Gasteiger partial charge in [0.2, 0.25) is 22.4 Å². The quantitative estimate of drug-likeness (QED) is 0.529. The molecule has 0 N–H and O–H groups in total. The molecule has 4 rings (SSSR count). The third-order valence-electron chi connectivity index (χ3n) is 6.86. The molecule has 158 valence electrons. The van der Waals surface area contributed by atoms with Gasteiger partial charge in [-0.25, -0.2) is 0 Å². The van der Waals surface area contributed by atoms with E-state index in [1.165, 1.54) is 11.1 Å². The first-order chi connectivity index (χ1) is 13.4. The zero-order chi connectivity index (χ0) is 21.2. The lowest BCUT2D eigenvalue weighted by atomic mass is 9.55. The van der Waals surface area contributed by atoms with Gasteiger partial charge in [-0.2, -0.15) is 0 Å². The molecule has 0 aliphatic heterocycles. The Bertz CT molecular complexity index is 862. The van der Waals surface area contributed by atoms with Crippen LogP contribution >= 0.6 is 0 Å². The second-order valence-electron chi connectivity index (χ2n) is 11.4. The topological polar surface area (TPSA) is 35.5 Å². The van der Waals surface area contributed by atoms with E-state index in [0.29, 0.717) is 23.5 Å². The Morgan fingerprint density at radius 2 is 1.69 bits per heavy atom. The van der Waals surface area contributed by atoms with Crippen LogP contribution in [0.4, 0.5) is 0 Å². The summed E-state index contributed by atoms with van der Waals surface area (Å²) in [6, 6.07) is 6.76. The Hall–Kier alpha value is -1.34. The molecule has 0 amide bonds. The van der Waals surface area contributed by atoms with Crippen molar-refractivity contribution < 1.29 is 13.6 Å². The second-order valence-corrected chi connectivity index (χ2v) is 20.3. The molecule has 1 saturated carbocycles. The van der Waals surface area contributed by atoms with Crippen molar-refractivity contribution in [3.63, 3.8) is 0 Å². The van der Waals surface area contributed by atoms with Crippen LogP contribution in [0.15, 0.2) is 30.0 Å². The van der Waals surface area contributed by atoms with Crippen LogP contribution in [0, 0.1) is 17.3 Å². The first-order valence-corrected chi connectivity index (χ1v) is 18.0.